The zero-order valence-electron chi connectivity index (χ0n) is 18.0. The normalized spacial score (nSPS) is 16.9. The molecular weight excluding hydrogens is 405 g/mol. The van der Waals surface area contributed by atoms with Crippen LogP contribution in [0.4, 0.5) is 10.2 Å². The van der Waals surface area contributed by atoms with Crippen LogP contribution in [0, 0.1) is 5.82 Å². The number of nitrogens with one attached hydrogen (secondary N) is 2. The second-order valence-corrected chi connectivity index (χ2v) is 8.18. The lowest BCUT2D eigenvalue weighted by atomic mass is 10.1. The average Bonchev–Trinajstić information content (AvgIpc) is 3.48. The Morgan fingerprint density at radius 3 is 2.84 bits per heavy atom. The molecule has 1 fully saturated rings. The van der Waals surface area contributed by atoms with Gasteiger partial charge in [0.2, 0.25) is 0 Å². The number of halogens is 1. The summed E-state index contributed by atoms with van der Waals surface area (Å²) in [5.41, 5.74) is 3.52. The maximum Gasteiger partial charge on any atom is 0.154 e. The minimum absolute atomic E-state index is 0.0894. The van der Waals surface area contributed by atoms with E-state index in [4.69, 9.17) is 9.84 Å². The van der Waals surface area contributed by atoms with Crippen LogP contribution in [0.25, 0.3) is 16.9 Å². The van der Waals surface area contributed by atoms with Crippen molar-refractivity contribution in [1.29, 1.82) is 0 Å². The number of nitrogens with zero attached hydrogens (tertiary/aromatic N) is 3. The van der Waals surface area contributed by atoms with Crippen molar-refractivity contribution in [3.8, 4) is 17.0 Å². The Kier molecular flexibility index (Phi) is 5.73. The number of benzene rings is 2. The zero-order valence-corrected chi connectivity index (χ0v) is 18.0. The molecule has 1 aliphatic rings. The van der Waals surface area contributed by atoms with Gasteiger partial charge in [-0.15, -0.1) is 5.10 Å². The van der Waals surface area contributed by atoms with Gasteiger partial charge >= 0.3 is 0 Å². The maximum atomic E-state index is 13.6. The molecule has 5 rings (SSSR count). The minimum atomic E-state index is -0.247. The van der Waals surface area contributed by atoms with Crippen LogP contribution in [0.1, 0.15) is 31.4 Å². The van der Waals surface area contributed by atoms with Crippen LogP contribution in [0.15, 0.2) is 66.9 Å². The molecule has 1 aliphatic heterocycles. The van der Waals surface area contributed by atoms with Crippen molar-refractivity contribution >= 4 is 11.5 Å². The molecule has 164 valence electrons. The quantitative estimate of drug-likeness (QED) is 0.438. The molecule has 0 aliphatic carbocycles. The van der Waals surface area contributed by atoms with Crippen molar-refractivity contribution in [1.82, 2.24) is 19.9 Å². The molecule has 3 heterocycles. The predicted molar refractivity (Wildman–Crippen MR) is 123 cm³/mol. The van der Waals surface area contributed by atoms with Gasteiger partial charge in [0.05, 0.1) is 17.9 Å². The molecule has 2 aromatic heterocycles. The topological polar surface area (TPSA) is 63.5 Å². The molecule has 0 saturated carbocycles. The van der Waals surface area contributed by atoms with Crippen LogP contribution >= 0.6 is 0 Å². The Hall–Kier alpha value is -3.45. The molecule has 1 saturated heterocycles. The molecular formula is C25H26FN5O. The summed E-state index contributed by atoms with van der Waals surface area (Å²) in [4.78, 5) is 4.48. The number of aromatic nitrogens is 3. The molecule has 4 aromatic rings. The van der Waals surface area contributed by atoms with Crippen molar-refractivity contribution in [3.63, 3.8) is 0 Å². The first-order chi connectivity index (χ1) is 15.7. The standard InChI is InChI=1S/C25H26FN5O/c1-17(19-4-2-5-20(26)14-19)29-24-11-12-25-28-15-23(31(25)30-24)18-7-9-22(10-8-18)32-16-21-6-3-13-27-21/h2,4-5,7-12,14-15,17,21,27H,3,6,13,16H2,1H3,(H,29,30). The van der Waals surface area contributed by atoms with Crippen LogP contribution in [-0.2, 0) is 0 Å². The number of anilines is 1. The van der Waals surface area contributed by atoms with Crippen molar-refractivity contribution in [3.05, 3.63) is 78.2 Å². The van der Waals surface area contributed by atoms with E-state index >= 15 is 0 Å². The zero-order chi connectivity index (χ0) is 21.9. The molecule has 7 heteroatoms. The summed E-state index contributed by atoms with van der Waals surface area (Å²) in [6.45, 7) is 3.75. The second-order valence-electron chi connectivity index (χ2n) is 8.18. The van der Waals surface area contributed by atoms with E-state index in [-0.39, 0.29) is 11.9 Å². The molecule has 0 amide bonds. The first-order valence-corrected chi connectivity index (χ1v) is 11.0. The van der Waals surface area contributed by atoms with Crippen LogP contribution in [0.2, 0.25) is 0 Å². The molecule has 0 radical (unpaired) electrons. The Balaban J connectivity index is 1.33. The van der Waals surface area contributed by atoms with E-state index in [1.54, 1.807) is 6.07 Å². The first-order valence-electron chi connectivity index (χ1n) is 11.0. The van der Waals surface area contributed by atoms with Crippen LogP contribution < -0.4 is 15.4 Å². The van der Waals surface area contributed by atoms with Gasteiger partial charge in [0.25, 0.3) is 0 Å². The van der Waals surface area contributed by atoms with Crippen LogP contribution in [0.5, 0.6) is 5.75 Å². The summed E-state index contributed by atoms with van der Waals surface area (Å²) in [6, 6.07) is 18.8. The lowest BCUT2D eigenvalue weighted by Crippen LogP contribution is -2.28. The Morgan fingerprint density at radius 2 is 2.06 bits per heavy atom. The van der Waals surface area contributed by atoms with E-state index in [0.717, 1.165) is 34.8 Å². The van der Waals surface area contributed by atoms with Gasteiger partial charge in [0.15, 0.2) is 5.65 Å². The number of imidazole rings is 1. The van der Waals surface area contributed by atoms with E-state index in [0.29, 0.717) is 18.5 Å². The Bertz CT molecular complexity index is 1200. The largest absolute Gasteiger partial charge is 0.492 e. The molecule has 2 N–H and O–H groups in total. The van der Waals surface area contributed by atoms with Gasteiger partial charge in [-0.3, -0.25) is 0 Å². The third kappa shape index (κ3) is 4.43. The van der Waals surface area contributed by atoms with Crippen LogP contribution in [-0.4, -0.2) is 33.8 Å². The van der Waals surface area contributed by atoms with Gasteiger partial charge in [-0.05, 0) is 80.4 Å². The lowest BCUT2D eigenvalue weighted by molar-refractivity contribution is 0.277. The average molecular weight is 432 g/mol. The number of hydrogen-bond acceptors (Lipinski definition) is 5. The number of fused-ring (bicyclic) bond motifs is 1. The lowest BCUT2D eigenvalue weighted by Gasteiger charge is -2.15. The Labute approximate surface area is 186 Å². The predicted octanol–water partition coefficient (Wildman–Crippen LogP) is 4.84. The summed E-state index contributed by atoms with van der Waals surface area (Å²) < 4.78 is 21.3. The fraction of sp³-hybridized carbons (Fsp3) is 0.280. The summed E-state index contributed by atoms with van der Waals surface area (Å²) in [5, 5.41) is 11.5. The summed E-state index contributed by atoms with van der Waals surface area (Å²) in [5.74, 6) is 1.30. The molecule has 0 spiro atoms. The van der Waals surface area contributed by atoms with E-state index in [1.165, 1.54) is 25.0 Å². The van der Waals surface area contributed by atoms with Gasteiger partial charge < -0.3 is 15.4 Å². The second kappa shape index (κ2) is 8.96. The van der Waals surface area contributed by atoms with Crippen molar-refractivity contribution < 1.29 is 9.13 Å². The molecule has 0 bridgehead atoms. The van der Waals surface area contributed by atoms with Gasteiger partial charge in [0, 0.05) is 11.6 Å². The highest BCUT2D eigenvalue weighted by Gasteiger charge is 2.15. The monoisotopic (exact) mass is 431 g/mol. The van der Waals surface area contributed by atoms with Gasteiger partial charge in [-0.1, -0.05) is 12.1 Å². The number of rotatable bonds is 7. The number of ether oxygens (including phenoxy) is 1. The van der Waals surface area contributed by atoms with Gasteiger partial charge in [-0.2, -0.15) is 0 Å². The smallest absolute Gasteiger partial charge is 0.154 e. The van der Waals surface area contributed by atoms with E-state index < -0.39 is 0 Å². The summed E-state index contributed by atoms with van der Waals surface area (Å²) in [6.07, 6.45) is 4.20. The molecule has 32 heavy (non-hydrogen) atoms. The van der Waals surface area contributed by atoms with Gasteiger partial charge in [-0.25, -0.2) is 13.9 Å². The molecule has 2 atom stereocenters. The molecule has 6 nitrogen and oxygen atoms in total. The van der Waals surface area contributed by atoms with Crippen LogP contribution in [0.3, 0.4) is 0 Å². The highest BCUT2D eigenvalue weighted by molar-refractivity contribution is 5.64. The van der Waals surface area contributed by atoms with Crippen molar-refractivity contribution in [2.24, 2.45) is 0 Å². The van der Waals surface area contributed by atoms with E-state index in [9.17, 15) is 4.39 Å². The van der Waals surface area contributed by atoms with Crippen molar-refractivity contribution in [2.75, 3.05) is 18.5 Å². The Morgan fingerprint density at radius 1 is 1.19 bits per heavy atom. The molecule has 2 aromatic carbocycles. The highest BCUT2D eigenvalue weighted by Crippen LogP contribution is 2.25. The SMILES string of the molecule is CC(Nc1ccc2ncc(-c3ccc(OCC4CCCN4)cc3)n2n1)c1cccc(F)c1. The van der Waals surface area contributed by atoms with Gasteiger partial charge in [0.1, 0.15) is 24.0 Å². The maximum absolute atomic E-state index is 13.6. The third-order valence-electron chi connectivity index (χ3n) is 5.84. The van der Waals surface area contributed by atoms with E-state index in [1.807, 2.05) is 60.1 Å². The highest BCUT2D eigenvalue weighted by atomic mass is 19.1. The summed E-state index contributed by atoms with van der Waals surface area (Å²) in [7, 11) is 0. The fourth-order valence-electron chi connectivity index (χ4n) is 4.05. The van der Waals surface area contributed by atoms with E-state index in [2.05, 4.69) is 15.6 Å². The number of hydrogen-bond donors (Lipinski definition) is 2. The van der Waals surface area contributed by atoms with Crippen molar-refractivity contribution in [2.45, 2.75) is 31.8 Å². The fourth-order valence-corrected chi connectivity index (χ4v) is 4.05. The molecule has 2 unspecified atom stereocenters. The third-order valence-corrected chi connectivity index (χ3v) is 5.84. The minimum Gasteiger partial charge on any atom is -0.492 e. The summed E-state index contributed by atoms with van der Waals surface area (Å²) >= 11 is 0. The first kappa shape index (κ1) is 20.5.